The van der Waals surface area contributed by atoms with E-state index in [0.717, 1.165) is 21.8 Å². The lowest BCUT2D eigenvalue weighted by Gasteiger charge is -2.35. The van der Waals surface area contributed by atoms with Crippen LogP contribution in [0.2, 0.25) is 5.02 Å². The summed E-state index contributed by atoms with van der Waals surface area (Å²) in [4.78, 5) is 35.4. The number of primary amides is 1. The molecule has 0 radical (unpaired) electrons. The van der Waals surface area contributed by atoms with Crippen molar-refractivity contribution in [2.75, 3.05) is 24.7 Å². The summed E-state index contributed by atoms with van der Waals surface area (Å²) in [6, 6.07) is 3.45. The predicted octanol–water partition coefficient (Wildman–Crippen LogP) is 2.89. The van der Waals surface area contributed by atoms with Gasteiger partial charge in [-0.2, -0.15) is 0 Å². The fraction of sp³-hybridized carbons (Fsp3) is 0.409. The second-order valence-corrected chi connectivity index (χ2v) is 10.4. The van der Waals surface area contributed by atoms with Crippen LogP contribution >= 0.6 is 22.9 Å². The number of hydrogen-bond donors (Lipinski definition) is 3. The van der Waals surface area contributed by atoms with Crippen molar-refractivity contribution in [1.82, 2.24) is 15.3 Å². The number of aromatic nitrogens is 2. The van der Waals surface area contributed by atoms with Crippen LogP contribution in [-0.2, 0) is 17.6 Å². The van der Waals surface area contributed by atoms with Gasteiger partial charge in [-0.3, -0.25) is 9.59 Å². The van der Waals surface area contributed by atoms with E-state index in [1.807, 2.05) is 26.1 Å². The van der Waals surface area contributed by atoms with Gasteiger partial charge in [0.15, 0.2) is 5.13 Å². The highest BCUT2D eigenvalue weighted by atomic mass is 35.5. The zero-order valence-corrected chi connectivity index (χ0v) is 19.4. The first-order valence-electron chi connectivity index (χ1n) is 10.5. The van der Waals surface area contributed by atoms with Crippen molar-refractivity contribution in [2.24, 2.45) is 5.73 Å². The van der Waals surface area contributed by atoms with Crippen LogP contribution in [-0.4, -0.2) is 53.1 Å². The van der Waals surface area contributed by atoms with Crippen molar-refractivity contribution in [1.29, 1.82) is 0 Å². The van der Waals surface area contributed by atoms with Crippen LogP contribution in [0.3, 0.4) is 0 Å². The Hall–Kier alpha value is -2.62. The van der Waals surface area contributed by atoms with Gasteiger partial charge in [0.05, 0.1) is 36.0 Å². The number of rotatable bonds is 4. The molecule has 0 spiro atoms. The van der Waals surface area contributed by atoms with Crippen LogP contribution in [0.4, 0.5) is 5.13 Å². The fourth-order valence-electron chi connectivity index (χ4n) is 4.53. The predicted molar refractivity (Wildman–Crippen MR) is 125 cm³/mol. The molecule has 1 aromatic carbocycles. The van der Waals surface area contributed by atoms with Crippen LogP contribution < -0.4 is 16.0 Å². The Labute approximate surface area is 194 Å². The number of amides is 2. The Balaban J connectivity index is 1.47. The molecule has 32 heavy (non-hydrogen) atoms. The first kappa shape index (κ1) is 21.2. The van der Waals surface area contributed by atoms with Crippen molar-refractivity contribution < 1.29 is 14.3 Å². The van der Waals surface area contributed by atoms with Crippen LogP contribution in [0.5, 0.6) is 0 Å². The average Bonchev–Trinajstić information content (AvgIpc) is 3.31. The van der Waals surface area contributed by atoms with E-state index in [1.54, 1.807) is 6.07 Å². The van der Waals surface area contributed by atoms with Gasteiger partial charge in [0, 0.05) is 35.1 Å². The third kappa shape index (κ3) is 3.74. The minimum absolute atomic E-state index is 0.0300. The summed E-state index contributed by atoms with van der Waals surface area (Å²) < 4.78 is 5.78. The molecule has 2 aliphatic heterocycles. The zero-order chi connectivity index (χ0) is 22.6. The number of ether oxygens (including phenoxy) is 1. The number of nitrogens with two attached hydrogens (primary N) is 1. The summed E-state index contributed by atoms with van der Waals surface area (Å²) >= 11 is 7.69. The SMILES string of the molecule is CC1(C)Cc2nc(N3CCOC[C@@H]3Cc3c[nH]c4c(C(N)=O)cc(Cl)cc34)sc2C(=O)N1. The number of halogens is 1. The second kappa shape index (κ2) is 7.75. The van der Waals surface area contributed by atoms with Gasteiger partial charge in [-0.05, 0) is 38.0 Å². The molecule has 1 fully saturated rings. The van der Waals surface area contributed by atoms with E-state index in [-0.39, 0.29) is 17.5 Å². The lowest BCUT2D eigenvalue weighted by Crippen LogP contribution is -2.48. The Bertz CT molecular complexity index is 1230. The molecule has 4 N–H and O–H groups in total. The molecule has 0 aliphatic carbocycles. The van der Waals surface area contributed by atoms with Gasteiger partial charge < -0.3 is 25.7 Å². The fourth-order valence-corrected chi connectivity index (χ4v) is 5.83. The first-order valence-corrected chi connectivity index (χ1v) is 11.7. The lowest BCUT2D eigenvalue weighted by molar-refractivity contribution is 0.0899. The largest absolute Gasteiger partial charge is 0.377 e. The minimum Gasteiger partial charge on any atom is -0.377 e. The van der Waals surface area contributed by atoms with E-state index < -0.39 is 5.91 Å². The summed E-state index contributed by atoms with van der Waals surface area (Å²) in [6.07, 6.45) is 3.26. The van der Waals surface area contributed by atoms with E-state index in [9.17, 15) is 9.59 Å². The number of morpholine rings is 1. The Morgan fingerprint density at radius 2 is 2.25 bits per heavy atom. The number of anilines is 1. The molecule has 10 heteroatoms. The molecule has 2 aromatic heterocycles. The smallest absolute Gasteiger partial charge is 0.263 e. The van der Waals surface area contributed by atoms with Crippen molar-refractivity contribution in [2.45, 2.75) is 38.3 Å². The van der Waals surface area contributed by atoms with Crippen LogP contribution in [0, 0.1) is 0 Å². The number of carbonyl (C=O) groups excluding carboxylic acids is 2. The number of fused-ring (bicyclic) bond motifs is 2. The van der Waals surface area contributed by atoms with Crippen LogP contribution in [0.15, 0.2) is 18.3 Å². The second-order valence-electron chi connectivity index (χ2n) is 8.97. The average molecular weight is 474 g/mol. The highest BCUT2D eigenvalue weighted by Crippen LogP contribution is 2.35. The van der Waals surface area contributed by atoms with Gasteiger partial charge in [-0.25, -0.2) is 4.98 Å². The number of hydrogen-bond acceptors (Lipinski definition) is 6. The minimum atomic E-state index is -0.525. The third-order valence-corrected chi connectivity index (χ3v) is 7.34. The highest BCUT2D eigenvalue weighted by molar-refractivity contribution is 7.17. The molecule has 1 saturated heterocycles. The Kier molecular flexibility index (Phi) is 5.15. The number of H-pyrrole nitrogens is 1. The molecule has 0 bridgehead atoms. The van der Waals surface area contributed by atoms with Crippen molar-refractivity contribution >= 4 is 50.8 Å². The lowest BCUT2D eigenvalue weighted by atomic mass is 9.94. The molecule has 8 nitrogen and oxygen atoms in total. The monoisotopic (exact) mass is 473 g/mol. The number of nitrogens with zero attached hydrogens (tertiary/aromatic N) is 2. The molecule has 2 aliphatic rings. The van der Waals surface area contributed by atoms with Gasteiger partial charge >= 0.3 is 0 Å². The van der Waals surface area contributed by atoms with Gasteiger partial charge in [0.25, 0.3) is 11.8 Å². The third-order valence-electron chi connectivity index (χ3n) is 5.99. The number of thiazole rings is 1. The molecule has 1 atom stereocenters. The normalized spacial score (nSPS) is 20.3. The molecule has 2 amide bonds. The van der Waals surface area contributed by atoms with Gasteiger partial charge in [0.1, 0.15) is 4.88 Å². The molecule has 0 unspecified atom stereocenters. The van der Waals surface area contributed by atoms with E-state index in [0.29, 0.717) is 53.6 Å². The number of benzene rings is 1. The maximum absolute atomic E-state index is 12.6. The number of carbonyl (C=O) groups is 2. The Morgan fingerprint density at radius 1 is 1.44 bits per heavy atom. The molecule has 4 heterocycles. The van der Waals surface area contributed by atoms with E-state index in [2.05, 4.69) is 15.2 Å². The summed E-state index contributed by atoms with van der Waals surface area (Å²) in [6.45, 7) is 5.85. The molecule has 168 valence electrons. The van der Waals surface area contributed by atoms with Crippen molar-refractivity contribution in [3.8, 4) is 0 Å². The maximum Gasteiger partial charge on any atom is 0.263 e. The van der Waals surface area contributed by atoms with Crippen LogP contribution in [0.25, 0.3) is 10.9 Å². The summed E-state index contributed by atoms with van der Waals surface area (Å²) in [5.74, 6) is -0.585. The van der Waals surface area contributed by atoms with Crippen molar-refractivity contribution in [3.63, 3.8) is 0 Å². The molecule has 3 aromatic rings. The van der Waals surface area contributed by atoms with Gasteiger partial charge in [-0.1, -0.05) is 22.9 Å². The quantitative estimate of drug-likeness (QED) is 0.539. The van der Waals surface area contributed by atoms with E-state index >= 15 is 0 Å². The van der Waals surface area contributed by atoms with Gasteiger partial charge in [0.2, 0.25) is 0 Å². The number of nitrogens with one attached hydrogen (secondary N) is 2. The molecular formula is C22H24ClN5O3S. The standard InChI is InChI=1S/C22H24ClN5O3S/c1-22(2)8-16-18(20(30)27-22)32-21(26-16)28-3-4-31-10-13(28)5-11-9-25-17-14(11)6-12(23)7-15(17)19(24)29/h6-7,9,13,25H,3-5,8,10H2,1-2H3,(H2,24,29)(H,27,30)/t13-/m0/s1. The molecule has 0 saturated carbocycles. The van der Waals surface area contributed by atoms with Crippen molar-refractivity contribution in [3.05, 3.63) is 45.1 Å². The summed E-state index contributed by atoms with van der Waals surface area (Å²) in [7, 11) is 0. The number of aromatic amines is 1. The van der Waals surface area contributed by atoms with E-state index in [1.165, 1.54) is 11.3 Å². The first-order chi connectivity index (χ1) is 15.2. The summed E-state index contributed by atoms with van der Waals surface area (Å²) in [5.41, 5.74) is 8.16. The topological polar surface area (TPSA) is 113 Å². The zero-order valence-electron chi connectivity index (χ0n) is 17.8. The Morgan fingerprint density at radius 3 is 3.03 bits per heavy atom. The van der Waals surface area contributed by atoms with Gasteiger partial charge in [-0.15, -0.1) is 0 Å². The van der Waals surface area contributed by atoms with Crippen LogP contribution in [0.1, 0.15) is 45.1 Å². The molecule has 5 rings (SSSR count). The maximum atomic E-state index is 12.6. The summed E-state index contributed by atoms with van der Waals surface area (Å²) in [5, 5.41) is 5.22. The van der Waals surface area contributed by atoms with E-state index in [4.69, 9.17) is 27.1 Å². The molecular weight excluding hydrogens is 450 g/mol. The highest BCUT2D eigenvalue weighted by Gasteiger charge is 2.35.